The van der Waals surface area contributed by atoms with Gasteiger partial charge in [-0.3, -0.25) is 0 Å². The molecule has 4 atom stereocenters. The summed E-state index contributed by atoms with van der Waals surface area (Å²) in [4.78, 5) is 11.8. The fourth-order valence-electron chi connectivity index (χ4n) is 4.97. The van der Waals surface area contributed by atoms with Crippen LogP contribution in [0.1, 0.15) is 48.5 Å². The maximum atomic E-state index is 11.8. The number of carbonyl (C=O) groups is 1. The standard InChI is InChI=1S/C32H37N5O4S/c1-4-33-31(39)34-17-23-6-5-7-27(16-23)24-12-14-26(15-13-24)30-40-28(19-42-32-36-35-20-37(32)3)21(2)29(41-30)25-10-8-22(18-38)9-11-25/h5-16,20-21,28-30,38H,4,17-19H2,1-3H3,(H2,33,34,39)/t21-,28+,29+,30+/m1/s1. The molecule has 1 fully saturated rings. The lowest BCUT2D eigenvalue weighted by Gasteiger charge is -2.41. The zero-order valence-electron chi connectivity index (χ0n) is 24.1. The number of urea groups is 1. The highest BCUT2D eigenvalue weighted by Gasteiger charge is 2.38. The summed E-state index contributed by atoms with van der Waals surface area (Å²) in [5.41, 5.74) is 6.00. The molecule has 1 saturated heterocycles. The van der Waals surface area contributed by atoms with Crippen LogP contribution < -0.4 is 10.6 Å². The number of hydrogen-bond acceptors (Lipinski definition) is 7. The van der Waals surface area contributed by atoms with Crippen molar-refractivity contribution in [2.24, 2.45) is 13.0 Å². The van der Waals surface area contributed by atoms with Crippen LogP contribution in [0.5, 0.6) is 0 Å². The van der Waals surface area contributed by atoms with E-state index in [-0.39, 0.29) is 30.8 Å². The van der Waals surface area contributed by atoms with Crippen LogP contribution in [-0.2, 0) is 29.7 Å². The van der Waals surface area contributed by atoms with Crippen molar-refractivity contribution in [1.82, 2.24) is 25.4 Å². The van der Waals surface area contributed by atoms with Gasteiger partial charge in [-0.05, 0) is 40.8 Å². The van der Waals surface area contributed by atoms with Crippen LogP contribution in [-0.4, -0.2) is 44.3 Å². The van der Waals surface area contributed by atoms with Crippen molar-refractivity contribution in [2.45, 2.75) is 50.7 Å². The van der Waals surface area contributed by atoms with E-state index in [9.17, 15) is 9.90 Å². The molecule has 5 rings (SSSR count). The zero-order valence-corrected chi connectivity index (χ0v) is 24.9. The fraction of sp³-hybridized carbons (Fsp3) is 0.344. The number of ether oxygens (including phenoxy) is 2. The summed E-state index contributed by atoms with van der Waals surface area (Å²) >= 11 is 1.62. The van der Waals surface area contributed by atoms with Gasteiger partial charge < -0.3 is 29.8 Å². The molecule has 220 valence electrons. The maximum absolute atomic E-state index is 11.8. The van der Waals surface area contributed by atoms with E-state index in [0.29, 0.717) is 18.8 Å². The largest absolute Gasteiger partial charge is 0.392 e. The van der Waals surface area contributed by atoms with E-state index in [1.54, 1.807) is 18.1 Å². The molecule has 4 aromatic rings. The monoisotopic (exact) mass is 587 g/mol. The minimum absolute atomic E-state index is 0.00398. The molecule has 0 bridgehead atoms. The molecule has 0 radical (unpaired) electrons. The Kier molecular flexibility index (Phi) is 9.91. The molecule has 3 aromatic carbocycles. The smallest absolute Gasteiger partial charge is 0.315 e. The normalized spacial score (nSPS) is 20.3. The molecule has 0 saturated carbocycles. The van der Waals surface area contributed by atoms with E-state index in [0.717, 1.165) is 38.5 Å². The summed E-state index contributed by atoms with van der Waals surface area (Å²) in [6, 6.07) is 24.1. The predicted octanol–water partition coefficient (Wildman–Crippen LogP) is 5.38. The Hall–Kier alpha value is -3.70. The number of nitrogens with zero attached hydrogens (tertiary/aromatic N) is 3. The molecular formula is C32H37N5O4S. The minimum atomic E-state index is -0.546. The van der Waals surface area contributed by atoms with Crippen LogP contribution in [0.15, 0.2) is 84.3 Å². The highest BCUT2D eigenvalue weighted by Crippen LogP contribution is 2.43. The Morgan fingerprint density at radius 3 is 2.43 bits per heavy atom. The molecule has 1 aromatic heterocycles. The number of aromatic nitrogens is 3. The van der Waals surface area contributed by atoms with Crippen molar-refractivity contribution in [3.05, 3.63) is 101 Å². The van der Waals surface area contributed by atoms with E-state index >= 15 is 0 Å². The lowest BCUT2D eigenvalue weighted by molar-refractivity contribution is -0.268. The van der Waals surface area contributed by atoms with Crippen molar-refractivity contribution < 1.29 is 19.4 Å². The van der Waals surface area contributed by atoms with Gasteiger partial charge >= 0.3 is 6.03 Å². The molecule has 0 unspecified atom stereocenters. The summed E-state index contributed by atoms with van der Waals surface area (Å²) in [6.45, 7) is 5.09. The van der Waals surface area contributed by atoms with E-state index in [2.05, 4.69) is 52.0 Å². The quantitative estimate of drug-likeness (QED) is 0.214. The number of aryl methyl sites for hydroxylation is 1. The Morgan fingerprint density at radius 2 is 1.74 bits per heavy atom. The maximum Gasteiger partial charge on any atom is 0.315 e. The van der Waals surface area contributed by atoms with Crippen LogP contribution in [0.4, 0.5) is 4.79 Å². The lowest BCUT2D eigenvalue weighted by Crippen LogP contribution is -2.38. The molecule has 3 N–H and O–H groups in total. The molecule has 1 aliphatic rings. The minimum Gasteiger partial charge on any atom is -0.392 e. The number of aliphatic hydroxyl groups excluding tert-OH is 1. The van der Waals surface area contributed by atoms with Gasteiger partial charge in [-0.25, -0.2) is 4.79 Å². The second-order valence-electron chi connectivity index (χ2n) is 10.4. The van der Waals surface area contributed by atoms with Gasteiger partial charge in [-0.2, -0.15) is 0 Å². The van der Waals surface area contributed by atoms with Crippen molar-refractivity contribution in [1.29, 1.82) is 0 Å². The number of rotatable bonds is 10. The molecule has 10 heteroatoms. The first-order chi connectivity index (χ1) is 20.4. The van der Waals surface area contributed by atoms with Crippen LogP contribution in [0.3, 0.4) is 0 Å². The van der Waals surface area contributed by atoms with E-state index in [1.165, 1.54) is 0 Å². The molecular weight excluding hydrogens is 550 g/mol. The van der Waals surface area contributed by atoms with Crippen molar-refractivity contribution in [3.8, 4) is 11.1 Å². The van der Waals surface area contributed by atoms with Gasteiger partial charge in [-0.15, -0.1) is 10.2 Å². The summed E-state index contributed by atoms with van der Waals surface area (Å²) in [5.74, 6) is 0.783. The predicted molar refractivity (Wildman–Crippen MR) is 162 cm³/mol. The van der Waals surface area contributed by atoms with Gasteiger partial charge in [0, 0.05) is 37.4 Å². The molecule has 2 heterocycles. The Labute approximate surface area is 250 Å². The summed E-state index contributed by atoms with van der Waals surface area (Å²) in [5, 5.41) is 24.2. The number of nitrogens with one attached hydrogen (secondary N) is 2. The molecule has 9 nitrogen and oxygen atoms in total. The van der Waals surface area contributed by atoms with Gasteiger partial charge in [0.25, 0.3) is 0 Å². The second-order valence-corrected chi connectivity index (χ2v) is 11.4. The SMILES string of the molecule is CCNC(=O)NCc1cccc(-c2ccc([C@H]3O[C@@H](CSc4nncn4C)[C@@H](C)[C@@H](c4ccc(CO)cc4)O3)cc2)c1. The molecule has 0 spiro atoms. The fourth-order valence-corrected chi connectivity index (χ4v) is 6.02. The molecule has 0 aliphatic carbocycles. The number of thioether (sulfide) groups is 1. The Balaban J connectivity index is 1.34. The lowest BCUT2D eigenvalue weighted by atomic mass is 9.91. The van der Waals surface area contributed by atoms with Gasteiger partial charge in [0.15, 0.2) is 11.4 Å². The first-order valence-electron chi connectivity index (χ1n) is 14.1. The number of amides is 2. The first kappa shape index (κ1) is 29.8. The number of hydrogen-bond donors (Lipinski definition) is 3. The molecule has 1 aliphatic heterocycles. The Bertz CT molecular complexity index is 1460. The molecule has 42 heavy (non-hydrogen) atoms. The average molecular weight is 588 g/mol. The van der Waals surface area contributed by atoms with Crippen LogP contribution in [0.2, 0.25) is 0 Å². The third kappa shape index (κ3) is 7.19. The molecule has 2 amide bonds. The van der Waals surface area contributed by atoms with Crippen molar-refractivity contribution in [2.75, 3.05) is 12.3 Å². The third-order valence-electron chi connectivity index (χ3n) is 7.40. The second kappa shape index (κ2) is 14.0. The zero-order chi connectivity index (χ0) is 29.5. The van der Waals surface area contributed by atoms with Crippen LogP contribution in [0.25, 0.3) is 11.1 Å². The van der Waals surface area contributed by atoms with Gasteiger partial charge in [0.2, 0.25) is 0 Å². The van der Waals surface area contributed by atoms with E-state index in [4.69, 9.17) is 9.47 Å². The van der Waals surface area contributed by atoms with Crippen molar-refractivity contribution in [3.63, 3.8) is 0 Å². The van der Waals surface area contributed by atoms with Gasteiger partial charge in [0.05, 0.1) is 18.8 Å². The van der Waals surface area contributed by atoms with E-state index in [1.807, 2.05) is 67.1 Å². The highest BCUT2D eigenvalue weighted by molar-refractivity contribution is 7.99. The summed E-state index contributed by atoms with van der Waals surface area (Å²) in [7, 11) is 1.93. The summed E-state index contributed by atoms with van der Waals surface area (Å²) in [6.07, 6.45) is 0.870. The topological polar surface area (TPSA) is 111 Å². The van der Waals surface area contributed by atoms with Gasteiger partial charge in [0.1, 0.15) is 6.33 Å². The number of carbonyl (C=O) groups excluding carboxylic acids is 1. The third-order valence-corrected chi connectivity index (χ3v) is 8.53. The van der Waals surface area contributed by atoms with Crippen LogP contribution in [0, 0.1) is 5.92 Å². The number of benzene rings is 3. The van der Waals surface area contributed by atoms with Gasteiger partial charge in [-0.1, -0.05) is 85.4 Å². The average Bonchev–Trinajstić information content (AvgIpc) is 3.44. The summed E-state index contributed by atoms with van der Waals surface area (Å²) < 4.78 is 15.1. The van der Waals surface area contributed by atoms with Crippen LogP contribution >= 0.6 is 11.8 Å². The first-order valence-corrected chi connectivity index (χ1v) is 15.1. The number of aliphatic hydroxyl groups is 1. The highest BCUT2D eigenvalue weighted by atomic mass is 32.2. The van der Waals surface area contributed by atoms with Crippen molar-refractivity contribution >= 4 is 17.8 Å². The van der Waals surface area contributed by atoms with E-state index < -0.39 is 6.29 Å². The Morgan fingerprint density at radius 1 is 0.976 bits per heavy atom.